The second kappa shape index (κ2) is 8.07. The average molecular weight is 415 g/mol. The van der Waals surface area contributed by atoms with Gasteiger partial charge in [-0.05, 0) is 73.9 Å². The molecule has 31 heavy (non-hydrogen) atoms. The van der Waals surface area contributed by atoms with Crippen LogP contribution in [0.25, 0.3) is 0 Å². The molecule has 0 atom stereocenters. The van der Waals surface area contributed by atoms with Crippen molar-refractivity contribution in [1.82, 2.24) is 0 Å². The lowest BCUT2D eigenvalue weighted by Crippen LogP contribution is -2.29. The lowest BCUT2D eigenvalue weighted by molar-refractivity contribution is -0.136. The summed E-state index contributed by atoms with van der Waals surface area (Å²) in [4.78, 5) is 38.5. The smallest absolute Gasteiger partial charge is 0.349 e. The highest BCUT2D eigenvalue weighted by atomic mass is 16.6. The van der Waals surface area contributed by atoms with E-state index in [-0.39, 0.29) is 18.4 Å². The summed E-state index contributed by atoms with van der Waals surface area (Å²) in [6.07, 6.45) is 0. The van der Waals surface area contributed by atoms with Gasteiger partial charge in [0.15, 0.2) is 6.61 Å². The molecule has 0 aliphatic carbocycles. The zero-order valence-corrected chi connectivity index (χ0v) is 17.5. The van der Waals surface area contributed by atoms with Crippen molar-refractivity contribution in [1.29, 1.82) is 0 Å². The zero-order valence-electron chi connectivity index (χ0n) is 17.5. The number of rotatable bonds is 5. The molecule has 6 heteroatoms. The molecule has 3 aromatic rings. The van der Waals surface area contributed by atoms with Crippen molar-refractivity contribution in [2.24, 2.45) is 0 Å². The van der Waals surface area contributed by atoms with E-state index >= 15 is 0 Å². The van der Waals surface area contributed by atoms with Crippen LogP contribution in [-0.4, -0.2) is 24.4 Å². The summed E-state index contributed by atoms with van der Waals surface area (Å²) < 4.78 is 11.0. The lowest BCUT2D eigenvalue weighted by atomic mass is 10.1. The van der Waals surface area contributed by atoms with E-state index in [1.165, 1.54) is 0 Å². The lowest BCUT2D eigenvalue weighted by Gasteiger charge is -2.15. The highest BCUT2D eigenvalue weighted by Crippen LogP contribution is 2.29. The van der Waals surface area contributed by atoms with Gasteiger partial charge < -0.3 is 9.47 Å². The summed E-state index contributed by atoms with van der Waals surface area (Å²) in [6, 6.07) is 16.9. The van der Waals surface area contributed by atoms with E-state index in [9.17, 15) is 14.4 Å². The number of nitrogens with zero attached hydrogens (tertiary/aromatic N) is 1. The molecule has 1 aliphatic heterocycles. The number of ether oxygens (including phenoxy) is 2. The third-order valence-corrected chi connectivity index (χ3v) is 5.33. The molecule has 0 fully saturated rings. The summed E-state index contributed by atoms with van der Waals surface area (Å²) in [5.41, 5.74) is 4.18. The third kappa shape index (κ3) is 3.80. The third-order valence-electron chi connectivity index (χ3n) is 5.33. The molecule has 0 saturated heterocycles. The topological polar surface area (TPSA) is 72.9 Å². The van der Waals surface area contributed by atoms with E-state index in [0.717, 1.165) is 21.6 Å². The van der Waals surface area contributed by atoms with Crippen LogP contribution < -0.4 is 14.4 Å². The predicted molar refractivity (Wildman–Crippen MR) is 116 cm³/mol. The maximum atomic E-state index is 12.6. The van der Waals surface area contributed by atoms with Crippen LogP contribution in [0.1, 0.15) is 37.4 Å². The second-order valence-corrected chi connectivity index (χ2v) is 7.40. The van der Waals surface area contributed by atoms with Crippen LogP contribution in [0, 0.1) is 20.8 Å². The summed E-state index contributed by atoms with van der Waals surface area (Å²) in [5.74, 6) is -0.316. The van der Waals surface area contributed by atoms with E-state index < -0.39 is 5.97 Å². The SMILES string of the molecule is Cc1ccc(C)c(OCC(=O)Oc2ccc(N3C(=O)c4ccccc4C3=O)cc2)c1C. The molecule has 0 saturated carbocycles. The summed E-state index contributed by atoms with van der Waals surface area (Å²) in [5, 5.41) is 0. The minimum atomic E-state index is -0.547. The molecule has 2 amide bonds. The normalized spacial score (nSPS) is 12.7. The molecular formula is C25H21NO5. The Morgan fingerprint density at radius 2 is 1.39 bits per heavy atom. The fraction of sp³-hybridized carbons (Fsp3) is 0.160. The van der Waals surface area contributed by atoms with E-state index in [0.29, 0.717) is 28.3 Å². The molecule has 0 N–H and O–H groups in total. The van der Waals surface area contributed by atoms with Crippen LogP contribution in [0.3, 0.4) is 0 Å². The molecule has 0 spiro atoms. The number of carbonyl (C=O) groups excluding carboxylic acids is 3. The Balaban J connectivity index is 1.42. The van der Waals surface area contributed by atoms with Crippen LogP contribution in [-0.2, 0) is 4.79 Å². The van der Waals surface area contributed by atoms with E-state index in [1.807, 2.05) is 32.9 Å². The second-order valence-electron chi connectivity index (χ2n) is 7.40. The van der Waals surface area contributed by atoms with Crippen molar-refractivity contribution in [3.63, 3.8) is 0 Å². The molecule has 4 rings (SSSR count). The van der Waals surface area contributed by atoms with Crippen LogP contribution in [0.2, 0.25) is 0 Å². The quantitative estimate of drug-likeness (QED) is 0.351. The number of esters is 1. The molecule has 1 aliphatic rings. The van der Waals surface area contributed by atoms with Crippen LogP contribution in [0.5, 0.6) is 11.5 Å². The molecule has 1 heterocycles. The Hall–Kier alpha value is -3.93. The van der Waals surface area contributed by atoms with Crippen molar-refractivity contribution in [2.45, 2.75) is 20.8 Å². The van der Waals surface area contributed by atoms with Crippen LogP contribution >= 0.6 is 0 Å². The van der Waals surface area contributed by atoms with Gasteiger partial charge in [-0.15, -0.1) is 0 Å². The number of aryl methyl sites for hydroxylation is 2. The Kier molecular flexibility index (Phi) is 5.29. The molecule has 156 valence electrons. The minimum Gasteiger partial charge on any atom is -0.481 e. The van der Waals surface area contributed by atoms with E-state index in [4.69, 9.17) is 9.47 Å². The van der Waals surface area contributed by atoms with Gasteiger partial charge in [-0.1, -0.05) is 24.3 Å². The molecule has 0 bridgehead atoms. The first-order valence-electron chi connectivity index (χ1n) is 9.85. The molecule has 0 aromatic heterocycles. The van der Waals surface area contributed by atoms with Crippen LogP contribution in [0.15, 0.2) is 60.7 Å². The summed E-state index contributed by atoms with van der Waals surface area (Å²) in [7, 11) is 0. The van der Waals surface area contributed by atoms with Gasteiger partial charge in [0, 0.05) is 0 Å². The van der Waals surface area contributed by atoms with Gasteiger partial charge in [-0.3, -0.25) is 9.59 Å². The number of imide groups is 1. The Bertz CT molecular complexity index is 1160. The van der Waals surface area contributed by atoms with Crippen molar-refractivity contribution in [2.75, 3.05) is 11.5 Å². The number of hydrogen-bond donors (Lipinski definition) is 0. The molecular weight excluding hydrogens is 394 g/mol. The summed E-state index contributed by atoms with van der Waals surface area (Å²) in [6.45, 7) is 5.62. The first-order chi connectivity index (χ1) is 14.9. The van der Waals surface area contributed by atoms with E-state index in [2.05, 4.69) is 0 Å². The fourth-order valence-electron chi connectivity index (χ4n) is 3.53. The Morgan fingerprint density at radius 1 is 0.806 bits per heavy atom. The van der Waals surface area contributed by atoms with Gasteiger partial charge >= 0.3 is 5.97 Å². The molecule has 3 aromatic carbocycles. The van der Waals surface area contributed by atoms with Gasteiger partial charge in [0.05, 0.1) is 16.8 Å². The highest BCUT2D eigenvalue weighted by Gasteiger charge is 2.36. The predicted octanol–water partition coefficient (Wildman–Crippen LogP) is 4.40. The highest BCUT2D eigenvalue weighted by molar-refractivity contribution is 6.34. The monoisotopic (exact) mass is 415 g/mol. The van der Waals surface area contributed by atoms with Crippen LogP contribution in [0.4, 0.5) is 5.69 Å². The average Bonchev–Trinajstić information content (AvgIpc) is 3.02. The summed E-state index contributed by atoms with van der Waals surface area (Å²) >= 11 is 0. The number of benzene rings is 3. The standard InChI is InChI=1S/C25H21NO5/c1-15-8-9-16(2)23(17(15)3)30-14-22(27)31-19-12-10-18(11-13-19)26-24(28)20-6-4-5-7-21(20)25(26)29/h4-13H,14H2,1-3H3. The minimum absolute atomic E-state index is 0.231. The molecule has 0 unspecified atom stereocenters. The fourth-order valence-corrected chi connectivity index (χ4v) is 3.53. The first kappa shape index (κ1) is 20.3. The van der Waals surface area contributed by atoms with Gasteiger partial charge in [0.1, 0.15) is 11.5 Å². The number of fused-ring (bicyclic) bond motifs is 1. The maximum absolute atomic E-state index is 12.6. The van der Waals surface area contributed by atoms with Crippen molar-refractivity contribution in [3.05, 3.63) is 88.5 Å². The van der Waals surface area contributed by atoms with Gasteiger partial charge in [-0.25, -0.2) is 9.69 Å². The number of amides is 2. The van der Waals surface area contributed by atoms with Crippen molar-refractivity contribution < 1.29 is 23.9 Å². The van der Waals surface area contributed by atoms with Crippen molar-refractivity contribution in [3.8, 4) is 11.5 Å². The van der Waals surface area contributed by atoms with E-state index in [1.54, 1.807) is 48.5 Å². The number of carbonyl (C=O) groups is 3. The molecule has 0 radical (unpaired) electrons. The van der Waals surface area contributed by atoms with Gasteiger partial charge in [-0.2, -0.15) is 0 Å². The number of anilines is 1. The first-order valence-corrected chi connectivity index (χ1v) is 9.85. The van der Waals surface area contributed by atoms with Gasteiger partial charge in [0.25, 0.3) is 11.8 Å². The van der Waals surface area contributed by atoms with Crippen molar-refractivity contribution >= 4 is 23.5 Å². The van der Waals surface area contributed by atoms with Gasteiger partial charge in [0.2, 0.25) is 0 Å². The zero-order chi connectivity index (χ0) is 22.1. The maximum Gasteiger partial charge on any atom is 0.349 e. The largest absolute Gasteiger partial charge is 0.481 e. The Labute approximate surface area is 180 Å². The molecule has 6 nitrogen and oxygen atoms in total. The Morgan fingerprint density at radius 3 is 2.00 bits per heavy atom. The number of hydrogen-bond acceptors (Lipinski definition) is 5.